The van der Waals surface area contributed by atoms with E-state index in [1.54, 1.807) is 23.1 Å². The first-order valence-electron chi connectivity index (χ1n) is 7.13. The fraction of sp³-hybridized carbons (Fsp3) is 0.235. The molecule has 1 aliphatic heterocycles. The molecule has 2 amide bonds. The molecule has 4 nitrogen and oxygen atoms in total. The number of nitrogens with zero attached hydrogens (tertiary/aromatic N) is 1. The maximum absolute atomic E-state index is 12.6. The van der Waals surface area contributed by atoms with E-state index in [2.05, 4.69) is 5.32 Å². The minimum absolute atomic E-state index is 0.180. The number of rotatable bonds is 1. The standard InChI is InChI=1S/C17H17ClN2O2/c1-11-4-3-5-14(12(11)2)19-17(21)20-8-9-22-16-7-6-13(18)10-15(16)20/h3-7,10H,8-9H2,1-2H3,(H,19,21). The highest BCUT2D eigenvalue weighted by Crippen LogP contribution is 2.34. The van der Waals surface area contributed by atoms with Gasteiger partial charge in [0.1, 0.15) is 12.4 Å². The van der Waals surface area contributed by atoms with Gasteiger partial charge in [-0.15, -0.1) is 0 Å². The van der Waals surface area contributed by atoms with Crippen molar-refractivity contribution in [3.63, 3.8) is 0 Å². The summed E-state index contributed by atoms with van der Waals surface area (Å²) in [5.74, 6) is 0.673. The Bertz CT molecular complexity index is 731. The van der Waals surface area contributed by atoms with Crippen LogP contribution in [0.3, 0.4) is 0 Å². The molecule has 2 aromatic rings. The molecule has 0 bridgehead atoms. The van der Waals surface area contributed by atoms with E-state index in [9.17, 15) is 4.79 Å². The molecule has 1 N–H and O–H groups in total. The zero-order chi connectivity index (χ0) is 15.7. The predicted octanol–water partition coefficient (Wildman–Crippen LogP) is 4.39. The van der Waals surface area contributed by atoms with Crippen molar-refractivity contribution in [2.45, 2.75) is 13.8 Å². The molecule has 0 atom stereocenters. The Kier molecular flexibility index (Phi) is 3.94. The predicted molar refractivity (Wildman–Crippen MR) is 89.2 cm³/mol. The highest BCUT2D eigenvalue weighted by Gasteiger charge is 2.24. The molecular weight excluding hydrogens is 300 g/mol. The second kappa shape index (κ2) is 5.89. The van der Waals surface area contributed by atoms with Crippen LogP contribution in [0.25, 0.3) is 0 Å². The Labute approximate surface area is 134 Å². The van der Waals surface area contributed by atoms with Crippen molar-refractivity contribution < 1.29 is 9.53 Å². The minimum atomic E-state index is -0.180. The van der Waals surface area contributed by atoms with Crippen LogP contribution in [0.1, 0.15) is 11.1 Å². The maximum Gasteiger partial charge on any atom is 0.326 e. The van der Waals surface area contributed by atoms with Crippen molar-refractivity contribution in [1.29, 1.82) is 0 Å². The molecule has 2 aromatic carbocycles. The number of benzene rings is 2. The van der Waals surface area contributed by atoms with Crippen LogP contribution in [-0.4, -0.2) is 19.2 Å². The molecule has 0 unspecified atom stereocenters. The van der Waals surface area contributed by atoms with Crippen LogP contribution in [-0.2, 0) is 0 Å². The number of hydrogen-bond acceptors (Lipinski definition) is 2. The van der Waals surface area contributed by atoms with Gasteiger partial charge in [0.05, 0.1) is 12.2 Å². The first-order valence-corrected chi connectivity index (χ1v) is 7.51. The van der Waals surface area contributed by atoms with Crippen molar-refractivity contribution in [1.82, 2.24) is 0 Å². The zero-order valence-corrected chi connectivity index (χ0v) is 13.3. The SMILES string of the molecule is Cc1cccc(NC(=O)N2CCOc3ccc(Cl)cc32)c1C. The van der Waals surface area contributed by atoms with E-state index in [1.165, 1.54) is 0 Å². The van der Waals surface area contributed by atoms with Crippen molar-refractivity contribution in [3.8, 4) is 5.75 Å². The van der Waals surface area contributed by atoms with E-state index >= 15 is 0 Å². The van der Waals surface area contributed by atoms with E-state index in [1.807, 2.05) is 32.0 Å². The van der Waals surface area contributed by atoms with E-state index in [0.717, 1.165) is 16.8 Å². The first-order chi connectivity index (χ1) is 10.6. The number of carbonyl (C=O) groups excluding carboxylic acids is 1. The lowest BCUT2D eigenvalue weighted by Gasteiger charge is -2.30. The fourth-order valence-corrected chi connectivity index (χ4v) is 2.64. The highest BCUT2D eigenvalue weighted by molar-refractivity contribution is 6.31. The van der Waals surface area contributed by atoms with E-state index in [0.29, 0.717) is 29.6 Å². The number of ether oxygens (including phenoxy) is 1. The number of aryl methyl sites for hydroxylation is 1. The van der Waals surface area contributed by atoms with Gasteiger partial charge in [-0.2, -0.15) is 0 Å². The van der Waals surface area contributed by atoms with E-state index < -0.39 is 0 Å². The number of urea groups is 1. The van der Waals surface area contributed by atoms with Crippen LogP contribution in [0.15, 0.2) is 36.4 Å². The minimum Gasteiger partial charge on any atom is -0.490 e. The van der Waals surface area contributed by atoms with Gasteiger partial charge in [0.15, 0.2) is 0 Å². The number of hydrogen-bond donors (Lipinski definition) is 1. The lowest BCUT2D eigenvalue weighted by atomic mass is 10.1. The molecule has 3 rings (SSSR count). The molecule has 0 saturated heterocycles. The molecule has 0 aromatic heterocycles. The van der Waals surface area contributed by atoms with Gasteiger partial charge in [-0.1, -0.05) is 23.7 Å². The first kappa shape index (κ1) is 14.7. The normalized spacial score (nSPS) is 13.3. The van der Waals surface area contributed by atoms with Crippen molar-refractivity contribution in [3.05, 3.63) is 52.5 Å². The Morgan fingerprint density at radius 1 is 1.27 bits per heavy atom. The van der Waals surface area contributed by atoms with Gasteiger partial charge in [0.2, 0.25) is 0 Å². The molecule has 1 aliphatic rings. The molecule has 0 aliphatic carbocycles. The van der Waals surface area contributed by atoms with Gasteiger partial charge in [0, 0.05) is 10.7 Å². The van der Waals surface area contributed by atoms with Gasteiger partial charge >= 0.3 is 6.03 Å². The van der Waals surface area contributed by atoms with Crippen molar-refractivity contribution in [2.75, 3.05) is 23.4 Å². The van der Waals surface area contributed by atoms with Gasteiger partial charge in [-0.3, -0.25) is 4.90 Å². The fourth-order valence-electron chi connectivity index (χ4n) is 2.47. The van der Waals surface area contributed by atoms with Crippen LogP contribution in [0, 0.1) is 13.8 Å². The van der Waals surface area contributed by atoms with Gasteiger partial charge in [-0.25, -0.2) is 4.79 Å². The number of nitrogens with one attached hydrogen (secondary N) is 1. The molecule has 0 radical (unpaired) electrons. The summed E-state index contributed by atoms with van der Waals surface area (Å²) >= 11 is 6.04. The summed E-state index contributed by atoms with van der Waals surface area (Å²) in [6.07, 6.45) is 0. The smallest absolute Gasteiger partial charge is 0.326 e. The summed E-state index contributed by atoms with van der Waals surface area (Å²) in [7, 11) is 0. The molecule has 0 saturated carbocycles. The van der Waals surface area contributed by atoms with Gasteiger partial charge in [-0.05, 0) is 49.2 Å². The number of fused-ring (bicyclic) bond motifs is 1. The van der Waals surface area contributed by atoms with Crippen LogP contribution < -0.4 is 15.0 Å². The summed E-state index contributed by atoms with van der Waals surface area (Å²) in [6.45, 7) is 4.97. The average Bonchev–Trinajstić information content (AvgIpc) is 2.51. The summed E-state index contributed by atoms with van der Waals surface area (Å²) in [4.78, 5) is 14.3. The number of amides is 2. The number of carbonyl (C=O) groups is 1. The van der Waals surface area contributed by atoms with Crippen molar-refractivity contribution in [2.24, 2.45) is 0 Å². The third-order valence-electron chi connectivity index (χ3n) is 3.88. The lowest BCUT2D eigenvalue weighted by molar-refractivity contribution is 0.250. The van der Waals surface area contributed by atoms with Gasteiger partial charge < -0.3 is 10.1 Å². The Balaban J connectivity index is 1.88. The summed E-state index contributed by atoms with van der Waals surface area (Å²) < 4.78 is 5.57. The highest BCUT2D eigenvalue weighted by atomic mass is 35.5. The van der Waals surface area contributed by atoms with Crippen LogP contribution >= 0.6 is 11.6 Å². The maximum atomic E-state index is 12.6. The monoisotopic (exact) mass is 316 g/mol. The van der Waals surface area contributed by atoms with Gasteiger partial charge in [0.25, 0.3) is 0 Å². The second-order valence-corrected chi connectivity index (χ2v) is 5.73. The Morgan fingerprint density at radius 3 is 2.91 bits per heavy atom. The largest absolute Gasteiger partial charge is 0.490 e. The molecule has 0 spiro atoms. The van der Waals surface area contributed by atoms with Crippen LogP contribution in [0.5, 0.6) is 5.75 Å². The third-order valence-corrected chi connectivity index (χ3v) is 4.11. The average molecular weight is 317 g/mol. The summed E-state index contributed by atoms with van der Waals surface area (Å²) in [5, 5.41) is 3.55. The molecule has 114 valence electrons. The summed E-state index contributed by atoms with van der Waals surface area (Å²) in [6, 6.07) is 11.0. The number of halogens is 1. The van der Waals surface area contributed by atoms with E-state index in [4.69, 9.17) is 16.3 Å². The Hall–Kier alpha value is -2.20. The molecule has 0 fully saturated rings. The zero-order valence-electron chi connectivity index (χ0n) is 12.5. The van der Waals surface area contributed by atoms with Crippen LogP contribution in [0.4, 0.5) is 16.2 Å². The number of anilines is 2. The molecule has 1 heterocycles. The second-order valence-electron chi connectivity index (χ2n) is 5.29. The third kappa shape index (κ3) is 2.74. The summed E-state index contributed by atoms with van der Waals surface area (Å²) in [5.41, 5.74) is 3.72. The topological polar surface area (TPSA) is 41.6 Å². The molecule has 5 heteroatoms. The van der Waals surface area contributed by atoms with E-state index in [-0.39, 0.29) is 6.03 Å². The van der Waals surface area contributed by atoms with Crippen LogP contribution in [0.2, 0.25) is 5.02 Å². The Morgan fingerprint density at radius 2 is 2.09 bits per heavy atom. The molecule has 22 heavy (non-hydrogen) atoms. The van der Waals surface area contributed by atoms with Crippen molar-refractivity contribution >= 4 is 29.0 Å². The molecular formula is C17H17ClN2O2. The quantitative estimate of drug-likeness (QED) is 0.848. The lowest BCUT2D eigenvalue weighted by Crippen LogP contribution is -2.40.